The Labute approximate surface area is 183 Å². The van der Waals surface area contributed by atoms with Gasteiger partial charge in [-0.15, -0.1) is 11.6 Å². The summed E-state index contributed by atoms with van der Waals surface area (Å²) in [5, 5.41) is 0. The van der Waals surface area contributed by atoms with Gasteiger partial charge in [-0.25, -0.2) is 0 Å². The van der Waals surface area contributed by atoms with Crippen molar-refractivity contribution in [2.75, 3.05) is 34.4 Å². The van der Waals surface area contributed by atoms with Gasteiger partial charge in [-0.3, -0.25) is 0 Å². The third kappa shape index (κ3) is 7.58. The van der Waals surface area contributed by atoms with Crippen LogP contribution in [0.25, 0.3) is 0 Å². The maximum Gasteiger partial charge on any atom is 1.00 e. The van der Waals surface area contributed by atoms with Gasteiger partial charge in [0, 0.05) is 26.6 Å². The number of hydrogen-bond acceptors (Lipinski definition) is 4. The van der Waals surface area contributed by atoms with Crippen molar-refractivity contribution in [2.24, 2.45) is 11.8 Å². The van der Waals surface area contributed by atoms with Crippen molar-refractivity contribution in [1.82, 2.24) is 0 Å². The quantitative estimate of drug-likeness (QED) is 0.193. The van der Waals surface area contributed by atoms with Crippen LogP contribution >= 0.6 is 0 Å². The van der Waals surface area contributed by atoms with Gasteiger partial charge >= 0.3 is 18.9 Å². The Bertz CT molecular complexity index is 600. The van der Waals surface area contributed by atoms with Crippen molar-refractivity contribution in [3.05, 3.63) is 41.0 Å². The van der Waals surface area contributed by atoms with E-state index >= 15 is 0 Å². The Hall–Kier alpha value is -0.763. The SMILES string of the molecule is COCOCCCc1c[c-]c(OCOC)c([C@@H]2C=C(C)CC[C@H]2C(C)C)c1.[Li+]. The fraction of sp³-hybridized carbons (Fsp3) is 0.652. The van der Waals surface area contributed by atoms with Gasteiger partial charge in [-0.2, -0.15) is 17.7 Å². The third-order valence-corrected chi connectivity index (χ3v) is 5.28. The second-order valence-corrected chi connectivity index (χ2v) is 7.75. The van der Waals surface area contributed by atoms with Crippen LogP contribution in [0, 0.1) is 17.9 Å². The topological polar surface area (TPSA) is 36.9 Å². The Morgan fingerprint density at radius 2 is 1.93 bits per heavy atom. The summed E-state index contributed by atoms with van der Waals surface area (Å²) >= 11 is 0. The van der Waals surface area contributed by atoms with E-state index < -0.39 is 0 Å². The van der Waals surface area contributed by atoms with Gasteiger partial charge < -0.3 is 18.9 Å². The second-order valence-electron chi connectivity index (χ2n) is 7.75. The van der Waals surface area contributed by atoms with Crippen LogP contribution in [0.2, 0.25) is 0 Å². The van der Waals surface area contributed by atoms with E-state index in [1.54, 1.807) is 14.2 Å². The smallest absolute Gasteiger partial charge is 0.493 e. The summed E-state index contributed by atoms with van der Waals surface area (Å²) in [7, 11) is 3.29. The molecular formula is C23H35LiO4. The molecule has 1 aliphatic rings. The van der Waals surface area contributed by atoms with Gasteiger partial charge in [0.15, 0.2) is 6.79 Å². The zero-order valence-corrected chi connectivity index (χ0v) is 18.5. The molecule has 28 heavy (non-hydrogen) atoms. The maximum absolute atomic E-state index is 5.87. The molecule has 0 bridgehead atoms. The summed E-state index contributed by atoms with van der Waals surface area (Å²) < 4.78 is 21.3. The summed E-state index contributed by atoms with van der Waals surface area (Å²) in [6.07, 6.45) is 6.77. The van der Waals surface area contributed by atoms with Crippen molar-refractivity contribution in [3.63, 3.8) is 0 Å². The summed E-state index contributed by atoms with van der Waals surface area (Å²) in [4.78, 5) is 0. The first-order valence-electron chi connectivity index (χ1n) is 9.97. The van der Waals surface area contributed by atoms with Crippen molar-refractivity contribution in [3.8, 4) is 5.75 Å². The van der Waals surface area contributed by atoms with Crippen LogP contribution in [-0.4, -0.2) is 34.4 Å². The molecule has 2 rings (SSSR count). The van der Waals surface area contributed by atoms with Gasteiger partial charge in [-0.1, -0.05) is 31.9 Å². The number of methoxy groups -OCH3 is 2. The first kappa shape index (κ1) is 25.3. The maximum atomic E-state index is 5.87. The number of allylic oxidation sites excluding steroid dienone is 2. The van der Waals surface area contributed by atoms with Crippen LogP contribution in [0.3, 0.4) is 0 Å². The van der Waals surface area contributed by atoms with Gasteiger partial charge in [0.05, 0.1) is 0 Å². The minimum Gasteiger partial charge on any atom is -0.493 e. The molecule has 2 atom stereocenters. The summed E-state index contributed by atoms with van der Waals surface area (Å²) in [6, 6.07) is 7.70. The molecule has 0 radical (unpaired) electrons. The van der Waals surface area contributed by atoms with E-state index in [1.165, 1.54) is 29.5 Å². The largest absolute Gasteiger partial charge is 1.00 e. The van der Waals surface area contributed by atoms with Crippen LogP contribution in [0.1, 0.15) is 57.1 Å². The summed E-state index contributed by atoms with van der Waals surface area (Å²) in [5.74, 6) is 2.43. The number of aryl methyl sites for hydroxylation is 1. The van der Waals surface area contributed by atoms with E-state index in [0.717, 1.165) is 18.6 Å². The van der Waals surface area contributed by atoms with E-state index in [0.29, 0.717) is 31.2 Å². The van der Waals surface area contributed by atoms with Crippen molar-refractivity contribution < 1.29 is 37.8 Å². The fourth-order valence-electron chi connectivity index (χ4n) is 3.86. The molecule has 1 aromatic carbocycles. The van der Waals surface area contributed by atoms with Gasteiger partial charge in [0.1, 0.15) is 6.79 Å². The fourth-order valence-corrected chi connectivity index (χ4v) is 3.86. The molecule has 0 N–H and O–H groups in total. The van der Waals surface area contributed by atoms with Crippen LogP contribution < -0.4 is 23.6 Å². The molecule has 0 fully saturated rings. The molecule has 5 heteroatoms. The molecular weight excluding hydrogens is 347 g/mol. The van der Waals surface area contributed by atoms with Crippen LogP contribution in [0.4, 0.5) is 0 Å². The second kappa shape index (κ2) is 13.5. The van der Waals surface area contributed by atoms with Gasteiger partial charge in [0.2, 0.25) is 0 Å². The molecule has 0 spiro atoms. The Balaban J connectivity index is 0.00000392. The third-order valence-electron chi connectivity index (χ3n) is 5.28. The van der Waals surface area contributed by atoms with E-state index in [1.807, 2.05) is 6.07 Å². The van der Waals surface area contributed by atoms with E-state index in [-0.39, 0.29) is 25.7 Å². The predicted molar refractivity (Wildman–Crippen MR) is 108 cm³/mol. The zero-order chi connectivity index (χ0) is 19.6. The number of benzene rings is 1. The Kier molecular flexibility index (Phi) is 12.1. The predicted octanol–water partition coefficient (Wildman–Crippen LogP) is 2.12. The van der Waals surface area contributed by atoms with Crippen LogP contribution in [0.5, 0.6) is 5.75 Å². The molecule has 4 nitrogen and oxygen atoms in total. The molecule has 0 amide bonds. The minimum absolute atomic E-state index is 0. The summed E-state index contributed by atoms with van der Waals surface area (Å²) in [5.41, 5.74) is 3.97. The average Bonchev–Trinajstić information content (AvgIpc) is 2.66. The molecule has 0 saturated carbocycles. The standard InChI is InChI=1S/C23H35O4.Li/c1-17(2)20-10-8-18(3)13-21(20)22-14-19(7-6-12-26-15-24-4)9-11-23(22)27-16-25-5;/h9,13-14,17,20-21H,6-8,10,12,15-16H2,1-5H3;/q-1;+1/t20-,21+;/m0./s1. The molecule has 0 heterocycles. The van der Waals surface area contributed by atoms with E-state index in [4.69, 9.17) is 18.9 Å². The Morgan fingerprint density at radius 1 is 1.18 bits per heavy atom. The minimum atomic E-state index is 0. The number of ether oxygens (including phenoxy) is 4. The molecule has 152 valence electrons. The molecule has 0 aromatic heterocycles. The van der Waals surface area contributed by atoms with E-state index in [2.05, 4.69) is 39.0 Å². The van der Waals surface area contributed by atoms with Crippen molar-refractivity contribution in [2.45, 2.75) is 52.4 Å². The van der Waals surface area contributed by atoms with Crippen molar-refractivity contribution in [1.29, 1.82) is 0 Å². The summed E-state index contributed by atoms with van der Waals surface area (Å²) in [6.45, 7) is 8.17. The van der Waals surface area contributed by atoms with Crippen LogP contribution in [0.15, 0.2) is 23.8 Å². The van der Waals surface area contributed by atoms with E-state index in [9.17, 15) is 0 Å². The molecule has 1 aromatic rings. The normalized spacial score (nSPS) is 19.3. The van der Waals surface area contributed by atoms with Crippen molar-refractivity contribution >= 4 is 0 Å². The molecule has 0 saturated heterocycles. The van der Waals surface area contributed by atoms with Gasteiger partial charge in [-0.05, 0) is 43.9 Å². The van der Waals surface area contributed by atoms with Gasteiger partial charge in [0.25, 0.3) is 0 Å². The number of rotatable bonds is 11. The first-order valence-corrected chi connectivity index (χ1v) is 9.97. The average molecular weight is 382 g/mol. The van der Waals surface area contributed by atoms with Crippen LogP contribution in [-0.2, 0) is 20.6 Å². The molecule has 0 unspecified atom stereocenters. The first-order chi connectivity index (χ1) is 13.1. The molecule has 1 aliphatic carbocycles. The molecule has 0 aliphatic heterocycles. The zero-order valence-electron chi connectivity index (χ0n) is 18.5. The Morgan fingerprint density at radius 3 is 2.61 bits per heavy atom. The monoisotopic (exact) mass is 382 g/mol. The number of hydrogen-bond donors (Lipinski definition) is 0.